The molecule has 5 nitrogen and oxygen atoms in total. The van der Waals surface area contributed by atoms with Crippen molar-refractivity contribution in [2.45, 2.75) is 38.8 Å². The van der Waals surface area contributed by atoms with Crippen molar-refractivity contribution in [1.82, 2.24) is 0 Å². The van der Waals surface area contributed by atoms with Crippen molar-refractivity contribution in [3.63, 3.8) is 0 Å². The second-order valence-electron chi connectivity index (χ2n) is 4.00. The molecule has 1 heterocycles. The Morgan fingerprint density at radius 1 is 1.24 bits per heavy atom. The third kappa shape index (κ3) is 5.31. The maximum atomic E-state index is 10.3. The number of aromatic nitrogens is 1. The highest BCUT2D eigenvalue weighted by atomic mass is 16.4. The van der Waals surface area contributed by atoms with Crippen LogP contribution in [-0.4, -0.2) is 21.3 Å². The number of aromatic hydroxyl groups is 1. The lowest BCUT2D eigenvalue weighted by Gasteiger charge is -2.00. The van der Waals surface area contributed by atoms with Crippen LogP contribution in [0.15, 0.2) is 18.5 Å². The molecule has 3 N–H and O–H groups in total. The van der Waals surface area contributed by atoms with Gasteiger partial charge in [0.15, 0.2) is 11.9 Å². The molecule has 0 bridgehead atoms. The Morgan fingerprint density at radius 2 is 2.00 bits per heavy atom. The Labute approximate surface area is 100.0 Å². The molecule has 0 atom stereocenters. The van der Waals surface area contributed by atoms with E-state index in [0.717, 1.165) is 12.8 Å². The van der Waals surface area contributed by atoms with Crippen molar-refractivity contribution in [3.8, 4) is 5.75 Å². The van der Waals surface area contributed by atoms with Crippen molar-refractivity contribution in [2.75, 3.05) is 0 Å². The highest BCUT2D eigenvalue weighted by molar-refractivity contribution is 5.66. The zero-order valence-corrected chi connectivity index (χ0v) is 9.67. The fraction of sp³-hybridized carbons (Fsp3) is 0.500. The molecule has 0 amide bonds. The van der Waals surface area contributed by atoms with Gasteiger partial charge in [-0.05, 0) is 18.9 Å². The Balaban J connectivity index is 2.36. The van der Waals surface area contributed by atoms with Gasteiger partial charge < -0.3 is 15.3 Å². The Kier molecular flexibility index (Phi) is 5.42. The van der Waals surface area contributed by atoms with Gasteiger partial charge in [-0.3, -0.25) is 4.79 Å². The standard InChI is InChI=1S/C12H17NO4/c14-9-10-6-11(15)8-13(7-10)5-3-1-2-4-12(16)17/h6-8,14H,1-5,9H2,(H-,15,16,17)/p+1. The number of aliphatic carboxylic acids is 1. The molecular formula is C12H18NO4+. The number of aliphatic hydroxyl groups is 1. The van der Waals surface area contributed by atoms with Gasteiger partial charge in [-0.2, -0.15) is 0 Å². The van der Waals surface area contributed by atoms with Crippen LogP contribution < -0.4 is 4.57 Å². The summed E-state index contributed by atoms with van der Waals surface area (Å²) in [4.78, 5) is 10.3. The zero-order chi connectivity index (χ0) is 12.7. The summed E-state index contributed by atoms with van der Waals surface area (Å²) in [6.07, 6.45) is 5.93. The predicted octanol–water partition coefficient (Wildman–Crippen LogP) is 0.817. The van der Waals surface area contributed by atoms with Crippen molar-refractivity contribution in [3.05, 3.63) is 24.0 Å². The van der Waals surface area contributed by atoms with Gasteiger partial charge in [0, 0.05) is 18.4 Å². The fourth-order valence-corrected chi connectivity index (χ4v) is 1.65. The molecule has 5 heteroatoms. The first-order valence-corrected chi connectivity index (χ1v) is 5.66. The molecule has 0 aliphatic heterocycles. The molecule has 0 saturated heterocycles. The monoisotopic (exact) mass is 240 g/mol. The maximum absolute atomic E-state index is 10.3. The quantitative estimate of drug-likeness (QED) is 0.487. The molecule has 1 rings (SSSR count). The minimum Gasteiger partial charge on any atom is -0.503 e. The highest BCUT2D eigenvalue weighted by Gasteiger charge is 2.06. The molecule has 0 spiro atoms. The number of aliphatic hydroxyl groups excluding tert-OH is 1. The number of carboxylic acid groups (broad SMARTS) is 1. The van der Waals surface area contributed by atoms with Gasteiger partial charge in [-0.25, -0.2) is 4.57 Å². The van der Waals surface area contributed by atoms with Gasteiger partial charge in [-0.1, -0.05) is 0 Å². The molecule has 0 aliphatic rings. The summed E-state index contributed by atoms with van der Waals surface area (Å²) in [5, 5.41) is 26.8. The van der Waals surface area contributed by atoms with Gasteiger partial charge in [0.25, 0.3) is 0 Å². The van der Waals surface area contributed by atoms with Crippen LogP contribution in [0.5, 0.6) is 5.75 Å². The molecule has 0 aromatic carbocycles. The van der Waals surface area contributed by atoms with E-state index in [9.17, 15) is 9.90 Å². The van der Waals surface area contributed by atoms with Gasteiger partial charge in [0.2, 0.25) is 6.20 Å². The average Bonchev–Trinajstić information content (AvgIpc) is 2.27. The molecule has 0 saturated carbocycles. The highest BCUT2D eigenvalue weighted by Crippen LogP contribution is 2.08. The van der Waals surface area contributed by atoms with E-state index in [4.69, 9.17) is 10.2 Å². The molecule has 94 valence electrons. The third-order valence-corrected chi connectivity index (χ3v) is 2.45. The lowest BCUT2D eigenvalue weighted by atomic mass is 10.2. The summed E-state index contributed by atoms with van der Waals surface area (Å²) in [6.45, 7) is 0.606. The summed E-state index contributed by atoms with van der Waals surface area (Å²) >= 11 is 0. The minimum absolute atomic E-state index is 0.104. The van der Waals surface area contributed by atoms with Gasteiger partial charge in [0.1, 0.15) is 6.54 Å². The van der Waals surface area contributed by atoms with Crippen LogP contribution >= 0.6 is 0 Å². The zero-order valence-electron chi connectivity index (χ0n) is 9.67. The number of hydrogen-bond donors (Lipinski definition) is 3. The largest absolute Gasteiger partial charge is 0.503 e. The van der Waals surface area contributed by atoms with E-state index in [1.165, 1.54) is 6.07 Å². The molecule has 0 unspecified atom stereocenters. The molecule has 0 fully saturated rings. The normalized spacial score (nSPS) is 10.4. The number of aryl methyl sites for hydroxylation is 1. The first kappa shape index (κ1) is 13.4. The van der Waals surface area contributed by atoms with Gasteiger partial charge in [-0.15, -0.1) is 0 Å². The van der Waals surface area contributed by atoms with Crippen LogP contribution in [0, 0.1) is 0 Å². The summed E-state index contributed by atoms with van der Waals surface area (Å²) in [6, 6.07) is 1.51. The van der Waals surface area contributed by atoms with Crippen molar-refractivity contribution in [1.29, 1.82) is 0 Å². The smallest absolute Gasteiger partial charge is 0.303 e. The molecule has 0 aliphatic carbocycles. The maximum Gasteiger partial charge on any atom is 0.303 e. The molecule has 1 aromatic heterocycles. The van der Waals surface area contributed by atoms with Crippen LogP contribution in [0.2, 0.25) is 0 Å². The predicted molar refractivity (Wildman–Crippen MR) is 60.3 cm³/mol. The number of carbonyl (C=O) groups is 1. The second-order valence-corrected chi connectivity index (χ2v) is 4.00. The van der Waals surface area contributed by atoms with E-state index >= 15 is 0 Å². The number of carboxylic acids is 1. The third-order valence-electron chi connectivity index (χ3n) is 2.45. The summed E-state index contributed by atoms with van der Waals surface area (Å²) in [5.41, 5.74) is 0.663. The Hall–Kier alpha value is -1.62. The minimum atomic E-state index is -0.766. The van der Waals surface area contributed by atoms with Crippen LogP contribution in [0.4, 0.5) is 0 Å². The van der Waals surface area contributed by atoms with Crippen LogP contribution in [-0.2, 0) is 17.9 Å². The summed E-state index contributed by atoms with van der Waals surface area (Å²) in [5.74, 6) is -0.639. The van der Waals surface area contributed by atoms with Crippen LogP contribution in [0.1, 0.15) is 31.2 Å². The Bertz CT molecular complexity index is 379. The van der Waals surface area contributed by atoms with Crippen LogP contribution in [0.3, 0.4) is 0 Å². The van der Waals surface area contributed by atoms with Crippen LogP contribution in [0.25, 0.3) is 0 Å². The number of unbranched alkanes of at least 4 members (excludes halogenated alkanes) is 2. The lowest BCUT2D eigenvalue weighted by molar-refractivity contribution is -0.698. The van der Waals surface area contributed by atoms with E-state index in [-0.39, 0.29) is 18.8 Å². The second kappa shape index (κ2) is 6.85. The number of hydrogen-bond acceptors (Lipinski definition) is 3. The van der Waals surface area contributed by atoms with E-state index in [2.05, 4.69) is 0 Å². The number of pyridine rings is 1. The fourth-order valence-electron chi connectivity index (χ4n) is 1.65. The molecule has 17 heavy (non-hydrogen) atoms. The van der Waals surface area contributed by atoms with E-state index < -0.39 is 5.97 Å². The average molecular weight is 240 g/mol. The first-order valence-electron chi connectivity index (χ1n) is 5.66. The van der Waals surface area contributed by atoms with Gasteiger partial charge >= 0.3 is 5.97 Å². The molecular weight excluding hydrogens is 222 g/mol. The summed E-state index contributed by atoms with van der Waals surface area (Å²) in [7, 11) is 0. The number of nitrogens with zero attached hydrogens (tertiary/aromatic N) is 1. The SMILES string of the molecule is O=C(O)CCCCC[n+]1cc(O)cc(CO)c1. The van der Waals surface area contributed by atoms with Crippen molar-refractivity contribution < 1.29 is 24.7 Å². The lowest BCUT2D eigenvalue weighted by Crippen LogP contribution is -2.33. The molecule has 0 radical (unpaired) electrons. The topological polar surface area (TPSA) is 81.6 Å². The van der Waals surface area contributed by atoms with Crippen molar-refractivity contribution >= 4 is 5.97 Å². The Morgan fingerprint density at radius 3 is 2.65 bits per heavy atom. The van der Waals surface area contributed by atoms with Crippen molar-refractivity contribution in [2.24, 2.45) is 0 Å². The van der Waals surface area contributed by atoms with E-state index in [0.29, 0.717) is 18.5 Å². The first-order chi connectivity index (χ1) is 8.11. The number of rotatable bonds is 7. The van der Waals surface area contributed by atoms with E-state index in [1.807, 2.05) is 4.57 Å². The van der Waals surface area contributed by atoms with E-state index in [1.54, 1.807) is 12.4 Å². The van der Waals surface area contributed by atoms with Gasteiger partial charge in [0.05, 0.1) is 6.61 Å². The summed E-state index contributed by atoms with van der Waals surface area (Å²) < 4.78 is 1.81. The molecule has 1 aromatic rings.